The van der Waals surface area contributed by atoms with E-state index in [0.29, 0.717) is 27.9 Å². The molecule has 8 nitrogen and oxygen atoms in total. The van der Waals surface area contributed by atoms with Gasteiger partial charge >= 0.3 is 0 Å². The van der Waals surface area contributed by atoms with Crippen molar-refractivity contribution in [2.24, 2.45) is 0 Å². The molecular formula is C23H19ClN4O4S. The summed E-state index contributed by atoms with van der Waals surface area (Å²) in [5.41, 5.74) is 2.60. The lowest BCUT2D eigenvalue weighted by molar-refractivity contribution is 0.102. The second kappa shape index (κ2) is 9.05. The molecule has 168 valence electrons. The first-order chi connectivity index (χ1) is 15.8. The van der Waals surface area contributed by atoms with Crippen LogP contribution in [0.3, 0.4) is 0 Å². The molecule has 0 fully saturated rings. The molecule has 1 aromatic heterocycles. The van der Waals surface area contributed by atoms with Crippen molar-refractivity contribution in [3.8, 4) is 11.5 Å². The zero-order valence-corrected chi connectivity index (χ0v) is 19.3. The average Bonchev–Trinajstić information content (AvgIpc) is 3.35. The maximum absolute atomic E-state index is 13.1. The van der Waals surface area contributed by atoms with Crippen molar-refractivity contribution >= 4 is 38.9 Å². The maximum Gasteiger partial charge on any atom is 0.264 e. The van der Waals surface area contributed by atoms with Crippen molar-refractivity contribution in [2.45, 2.75) is 11.8 Å². The molecule has 10 heteroatoms. The Morgan fingerprint density at radius 2 is 1.85 bits per heavy atom. The quantitative estimate of drug-likeness (QED) is 0.424. The van der Waals surface area contributed by atoms with E-state index < -0.39 is 15.9 Å². The number of aryl methyl sites for hydroxylation is 1. The van der Waals surface area contributed by atoms with Gasteiger partial charge < -0.3 is 9.73 Å². The van der Waals surface area contributed by atoms with Crippen LogP contribution in [0.1, 0.15) is 15.9 Å². The monoisotopic (exact) mass is 482 g/mol. The molecule has 33 heavy (non-hydrogen) atoms. The van der Waals surface area contributed by atoms with Gasteiger partial charge in [0.25, 0.3) is 15.9 Å². The van der Waals surface area contributed by atoms with Gasteiger partial charge in [-0.3, -0.25) is 9.10 Å². The van der Waals surface area contributed by atoms with Gasteiger partial charge in [0.2, 0.25) is 12.3 Å². The van der Waals surface area contributed by atoms with Crippen molar-refractivity contribution in [2.75, 3.05) is 16.7 Å². The molecule has 0 bridgehead atoms. The molecule has 4 aromatic rings. The number of aromatic nitrogens is 2. The van der Waals surface area contributed by atoms with E-state index in [1.54, 1.807) is 42.5 Å². The molecular weight excluding hydrogens is 464 g/mol. The van der Waals surface area contributed by atoms with Gasteiger partial charge in [-0.15, -0.1) is 10.2 Å². The Labute approximate surface area is 195 Å². The number of anilines is 2. The number of benzene rings is 3. The number of hydrogen-bond donors (Lipinski definition) is 1. The summed E-state index contributed by atoms with van der Waals surface area (Å²) >= 11 is 6.00. The smallest absolute Gasteiger partial charge is 0.264 e. The van der Waals surface area contributed by atoms with Crippen LogP contribution in [0.5, 0.6) is 0 Å². The summed E-state index contributed by atoms with van der Waals surface area (Å²) in [6.07, 6.45) is 1.22. The highest BCUT2D eigenvalue weighted by atomic mass is 35.5. The van der Waals surface area contributed by atoms with Crippen molar-refractivity contribution in [3.63, 3.8) is 0 Å². The molecule has 0 radical (unpaired) electrons. The summed E-state index contributed by atoms with van der Waals surface area (Å²) in [6.45, 7) is 1.84. The van der Waals surface area contributed by atoms with Crippen LogP contribution >= 0.6 is 11.6 Å². The third-order valence-electron chi connectivity index (χ3n) is 5.02. The number of nitrogens with one attached hydrogen (secondary N) is 1. The molecule has 0 atom stereocenters. The van der Waals surface area contributed by atoms with Gasteiger partial charge in [0, 0.05) is 28.9 Å². The summed E-state index contributed by atoms with van der Waals surface area (Å²) in [6, 6.07) is 17.7. The van der Waals surface area contributed by atoms with Crippen molar-refractivity contribution < 1.29 is 17.6 Å². The number of carbonyl (C=O) groups excluding carboxylic acids is 1. The van der Waals surface area contributed by atoms with E-state index in [0.717, 1.165) is 9.87 Å². The molecule has 0 spiro atoms. The van der Waals surface area contributed by atoms with Crippen LogP contribution in [0.2, 0.25) is 5.02 Å². The van der Waals surface area contributed by atoms with Crippen LogP contribution < -0.4 is 9.62 Å². The Morgan fingerprint density at radius 3 is 2.58 bits per heavy atom. The van der Waals surface area contributed by atoms with E-state index in [1.807, 2.05) is 13.0 Å². The summed E-state index contributed by atoms with van der Waals surface area (Å²) in [7, 11) is -2.48. The standard InChI is InChI=1S/C23H19ClN4O4S/c1-15-9-10-17(23-27-25-14-32-23)12-21(15)26-22(29)16-5-3-8-20(11-16)33(30,31)28(2)19-7-4-6-18(24)13-19/h3-14H,1-2H3,(H,26,29). The highest BCUT2D eigenvalue weighted by molar-refractivity contribution is 7.92. The Hall–Kier alpha value is -3.69. The van der Waals surface area contributed by atoms with Gasteiger partial charge in [0.1, 0.15) is 0 Å². The first-order valence-electron chi connectivity index (χ1n) is 9.79. The number of hydrogen-bond acceptors (Lipinski definition) is 6. The topological polar surface area (TPSA) is 105 Å². The lowest BCUT2D eigenvalue weighted by Gasteiger charge is -2.20. The number of halogens is 1. The molecule has 0 aliphatic heterocycles. The fraction of sp³-hybridized carbons (Fsp3) is 0.0870. The fourth-order valence-electron chi connectivity index (χ4n) is 3.15. The average molecular weight is 483 g/mol. The molecule has 0 aliphatic carbocycles. The SMILES string of the molecule is Cc1ccc(-c2nnco2)cc1NC(=O)c1cccc(S(=O)(=O)N(C)c2cccc(Cl)c2)c1. The second-order valence-corrected chi connectivity index (χ2v) is 9.61. The Kier molecular flexibility index (Phi) is 6.17. The van der Waals surface area contributed by atoms with E-state index in [1.165, 1.54) is 31.6 Å². The minimum Gasteiger partial charge on any atom is -0.423 e. The molecule has 1 N–H and O–H groups in total. The van der Waals surface area contributed by atoms with E-state index in [4.69, 9.17) is 16.0 Å². The third-order valence-corrected chi connectivity index (χ3v) is 7.04. The minimum absolute atomic E-state index is 0.0195. The van der Waals surface area contributed by atoms with Gasteiger partial charge in [-0.1, -0.05) is 29.8 Å². The van der Waals surface area contributed by atoms with Crippen molar-refractivity contribution in [1.29, 1.82) is 0 Å². The first kappa shape index (κ1) is 22.5. The number of carbonyl (C=O) groups is 1. The first-order valence-corrected chi connectivity index (χ1v) is 11.6. The van der Waals surface area contributed by atoms with Gasteiger partial charge in [-0.2, -0.15) is 0 Å². The predicted molar refractivity (Wildman–Crippen MR) is 126 cm³/mol. The highest BCUT2D eigenvalue weighted by Crippen LogP contribution is 2.27. The number of sulfonamides is 1. The van der Waals surface area contributed by atoms with Gasteiger partial charge in [0.15, 0.2) is 0 Å². The van der Waals surface area contributed by atoms with Crippen LogP contribution in [-0.2, 0) is 10.0 Å². The summed E-state index contributed by atoms with van der Waals surface area (Å²) in [5.74, 6) is -0.133. The van der Waals surface area contributed by atoms with Crippen LogP contribution in [-0.4, -0.2) is 31.6 Å². The van der Waals surface area contributed by atoms with Crippen LogP contribution in [0.15, 0.2) is 82.4 Å². The van der Waals surface area contributed by atoms with Crippen molar-refractivity contribution in [1.82, 2.24) is 10.2 Å². The molecule has 0 aliphatic rings. The summed E-state index contributed by atoms with van der Waals surface area (Å²) in [5, 5.41) is 10.8. The van der Waals surface area contributed by atoms with Gasteiger partial charge in [0.05, 0.1) is 10.6 Å². The summed E-state index contributed by atoms with van der Waals surface area (Å²) in [4.78, 5) is 12.9. The Bertz CT molecular complexity index is 1420. The molecule has 4 rings (SSSR count). The molecule has 3 aromatic carbocycles. The zero-order chi connectivity index (χ0) is 23.6. The zero-order valence-electron chi connectivity index (χ0n) is 17.7. The predicted octanol–water partition coefficient (Wildman–Crippen LogP) is 4.78. The van der Waals surface area contributed by atoms with E-state index in [9.17, 15) is 13.2 Å². The normalized spacial score (nSPS) is 11.2. The van der Waals surface area contributed by atoms with E-state index in [2.05, 4.69) is 15.5 Å². The molecule has 0 unspecified atom stereocenters. The van der Waals surface area contributed by atoms with Crippen LogP contribution in [0.4, 0.5) is 11.4 Å². The van der Waals surface area contributed by atoms with Gasteiger partial charge in [-0.25, -0.2) is 8.42 Å². The summed E-state index contributed by atoms with van der Waals surface area (Å²) < 4.78 is 32.6. The molecule has 0 saturated heterocycles. The minimum atomic E-state index is -3.92. The van der Waals surface area contributed by atoms with E-state index in [-0.39, 0.29) is 10.5 Å². The molecule has 1 amide bonds. The lowest BCUT2D eigenvalue weighted by Crippen LogP contribution is -2.26. The number of nitrogens with zero attached hydrogens (tertiary/aromatic N) is 3. The Morgan fingerprint density at radius 1 is 1.06 bits per heavy atom. The van der Waals surface area contributed by atoms with Crippen LogP contribution in [0.25, 0.3) is 11.5 Å². The van der Waals surface area contributed by atoms with Crippen LogP contribution in [0, 0.1) is 6.92 Å². The van der Waals surface area contributed by atoms with Crippen molar-refractivity contribution in [3.05, 3.63) is 89.3 Å². The highest BCUT2D eigenvalue weighted by Gasteiger charge is 2.23. The maximum atomic E-state index is 13.1. The molecule has 0 saturated carbocycles. The molecule has 1 heterocycles. The number of rotatable bonds is 6. The third kappa shape index (κ3) is 4.74. The largest absolute Gasteiger partial charge is 0.423 e. The fourth-order valence-corrected chi connectivity index (χ4v) is 4.57. The lowest BCUT2D eigenvalue weighted by atomic mass is 10.1. The second-order valence-electron chi connectivity index (χ2n) is 7.21. The Balaban J connectivity index is 1.60. The van der Waals surface area contributed by atoms with Gasteiger partial charge in [-0.05, 0) is 61.0 Å². The number of amides is 1. The van der Waals surface area contributed by atoms with E-state index >= 15 is 0 Å².